The zero-order chi connectivity index (χ0) is 23.2. The standard InChI is InChI=1S/C16H18FN5O2.C2HF3O2/c1-24-13-3-2-9(17)6-11(13)14(23)12-8-20-16(22-15(12)18)21-10-4-5-19-7-10;3-2(4,5)1(6)7/h2-3,6,8,10,19H,4-5,7H2,1H3,(H3,18,20,21,22);(H,6,7)/t10-;/m0./s1. The van der Waals surface area contributed by atoms with Crippen LogP contribution in [0.25, 0.3) is 0 Å². The number of nitrogens with two attached hydrogens (primary N) is 1. The molecular weight excluding hydrogens is 426 g/mol. The smallest absolute Gasteiger partial charge is 0.490 e. The van der Waals surface area contributed by atoms with Crippen molar-refractivity contribution in [2.75, 3.05) is 31.2 Å². The Bertz CT molecular complexity index is 949. The number of carbonyl (C=O) groups excluding carboxylic acids is 1. The van der Waals surface area contributed by atoms with E-state index >= 15 is 0 Å². The van der Waals surface area contributed by atoms with E-state index < -0.39 is 23.7 Å². The van der Waals surface area contributed by atoms with Gasteiger partial charge in [0.2, 0.25) is 11.7 Å². The number of aromatic nitrogens is 2. The van der Waals surface area contributed by atoms with Gasteiger partial charge in [-0.15, -0.1) is 0 Å². The van der Waals surface area contributed by atoms with Crippen LogP contribution in [0.3, 0.4) is 0 Å². The first-order valence-corrected chi connectivity index (χ1v) is 8.81. The number of benzene rings is 1. The molecule has 2 heterocycles. The second-order valence-electron chi connectivity index (χ2n) is 6.30. The van der Waals surface area contributed by atoms with Crippen molar-refractivity contribution < 1.29 is 37.0 Å². The van der Waals surface area contributed by atoms with Crippen LogP contribution >= 0.6 is 0 Å². The molecule has 1 aromatic carbocycles. The molecule has 1 aliphatic rings. The highest BCUT2D eigenvalue weighted by Crippen LogP contribution is 2.24. The summed E-state index contributed by atoms with van der Waals surface area (Å²) in [6.07, 6.45) is -2.77. The number of carbonyl (C=O) groups is 2. The number of nitrogen functional groups attached to an aromatic ring is 1. The number of methoxy groups -OCH3 is 1. The second kappa shape index (κ2) is 10.0. The predicted molar refractivity (Wildman–Crippen MR) is 101 cm³/mol. The molecule has 1 atom stereocenters. The Morgan fingerprint density at radius 3 is 2.52 bits per heavy atom. The van der Waals surface area contributed by atoms with Crippen LogP contribution in [-0.2, 0) is 4.79 Å². The van der Waals surface area contributed by atoms with Gasteiger partial charge in [-0.2, -0.15) is 18.2 Å². The average molecular weight is 445 g/mol. The van der Waals surface area contributed by atoms with Gasteiger partial charge in [0.15, 0.2) is 0 Å². The van der Waals surface area contributed by atoms with Crippen LogP contribution in [0.2, 0.25) is 0 Å². The molecule has 31 heavy (non-hydrogen) atoms. The molecule has 0 spiro atoms. The third-order valence-electron chi connectivity index (χ3n) is 4.11. The van der Waals surface area contributed by atoms with Crippen LogP contribution in [-0.4, -0.2) is 59.2 Å². The Morgan fingerprint density at radius 1 is 1.32 bits per heavy atom. The first-order chi connectivity index (χ1) is 14.5. The number of ether oxygens (including phenoxy) is 1. The number of hydrogen-bond donors (Lipinski definition) is 4. The summed E-state index contributed by atoms with van der Waals surface area (Å²) in [6, 6.07) is 3.95. The van der Waals surface area contributed by atoms with E-state index in [-0.39, 0.29) is 28.7 Å². The lowest BCUT2D eigenvalue weighted by molar-refractivity contribution is -0.192. The van der Waals surface area contributed by atoms with E-state index in [0.29, 0.717) is 5.95 Å². The van der Waals surface area contributed by atoms with Gasteiger partial charge in [0.05, 0.1) is 18.2 Å². The highest BCUT2D eigenvalue weighted by atomic mass is 19.4. The summed E-state index contributed by atoms with van der Waals surface area (Å²) in [4.78, 5) is 29.8. The Labute approximate surface area is 173 Å². The van der Waals surface area contributed by atoms with Crippen LogP contribution < -0.4 is 21.1 Å². The number of nitrogens with zero attached hydrogens (tertiary/aromatic N) is 2. The lowest BCUT2D eigenvalue weighted by atomic mass is 10.0. The van der Waals surface area contributed by atoms with Gasteiger partial charge in [-0.3, -0.25) is 4.79 Å². The zero-order valence-electron chi connectivity index (χ0n) is 16.2. The van der Waals surface area contributed by atoms with E-state index in [1.165, 1.54) is 25.4 Å². The van der Waals surface area contributed by atoms with Crippen molar-refractivity contribution in [1.29, 1.82) is 0 Å². The normalized spacial score (nSPS) is 15.6. The number of alkyl halides is 3. The minimum absolute atomic E-state index is 0.0368. The molecule has 0 radical (unpaired) electrons. The fourth-order valence-electron chi connectivity index (χ4n) is 2.60. The maximum absolute atomic E-state index is 13.5. The van der Waals surface area contributed by atoms with Crippen molar-refractivity contribution in [3.63, 3.8) is 0 Å². The van der Waals surface area contributed by atoms with Gasteiger partial charge in [0.1, 0.15) is 17.4 Å². The molecule has 2 aromatic rings. The molecule has 1 fully saturated rings. The number of hydrogen-bond acceptors (Lipinski definition) is 8. The summed E-state index contributed by atoms with van der Waals surface area (Å²) in [5, 5.41) is 13.5. The number of carboxylic acids is 1. The molecule has 168 valence electrons. The van der Waals surface area contributed by atoms with E-state index in [0.717, 1.165) is 25.6 Å². The van der Waals surface area contributed by atoms with Gasteiger partial charge < -0.3 is 26.2 Å². The summed E-state index contributed by atoms with van der Waals surface area (Å²) in [6.45, 7) is 1.76. The lowest BCUT2D eigenvalue weighted by Crippen LogP contribution is -2.24. The molecule has 1 aromatic heterocycles. The number of aliphatic carboxylic acids is 1. The summed E-state index contributed by atoms with van der Waals surface area (Å²) < 4.78 is 50.3. The molecule has 13 heteroatoms. The first-order valence-electron chi connectivity index (χ1n) is 8.81. The molecule has 0 bridgehead atoms. The van der Waals surface area contributed by atoms with Crippen LogP contribution in [0.4, 0.5) is 29.3 Å². The van der Waals surface area contributed by atoms with Crippen molar-refractivity contribution in [2.45, 2.75) is 18.6 Å². The summed E-state index contributed by atoms with van der Waals surface area (Å²) in [5.74, 6) is -3.12. The summed E-state index contributed by atoms with van der Waals surface area (Å²) >= 11 is 0. The van der Waals surface area contributed by atoms with Crippen LogP contribution in [0.5, 0.6) is 5.75 Å². The van der Waals surface area contributed by atoms with Gasteiger partial charge >= 0.3 is 12.1 Å². The van der Waals surface area contributed by atoms with E-state index in [9.17, 15) is 22.4 Å². The van der Waals surface area contributed by atoms with Crippen molar-refractivity contribution in [3.05, 3.63) is 41.3 Å². The molecule has 0 amide bonds. The van der Waals surface area contributed by atoms with Crippen molar-refractivity contribution in [3.8, 4) is 5.75 Å². The molecule has 0 saturated carbocycles. The molecular formula is C18H19F4N5O4. The highest BCUT2D eigenvalue weighted by molar-refractivity contribution is 6.13. The zero-order valence-corrected chi connectivity index (χ0v) is 16.2. The van der Waals surface area contributed by atoms with Crippen LogP contribution in [0.1, 0.15) is 22.3 Å². The quantitative estimate of drug-likeness (QED) is 0.401. The maximum Gasteiger partial charge on any atom is 0.490 e. The molecule has 5 N–H and O–H groups in total. The van der Waals surface area contributed by atoms with E-state index in [2.05, 4.69) is 20.6 Å². The SMILES string of the molecule is COc1ccc(F)cc1C(=O)c1cnc(N[C@H]2CCNC2)nc1N.O=C(O)C(F)(F)F. The average Bonchev–Trinajstić information content (AvgIpc) is 3.20. The van der Waals surface area contributed by atoms with Crippen molar-refractivity contribution >= 4 is 23.5 Å². The largest absolute Gasteiger partial charge is 0.496 e. The number of ketones is 1. The van der Waals surface area contributed by atoms with Gasteiger partial charge in [-0.05, 0) is 31.2 Å². The Kier molecular flexibility index (Phi) is 7.69. The summed E-state index contributed by atoms with van der Waals surface area (Å²) in [5.41, 5.74) is 6.08. The molecule has 0 aliphatic carbocycles. The Balaban J connectivity index is 0.000000423. The van der Waals surface area contributed by atoms with Gasteiger partial charge in [0.25, 0.3) is 0 Å². The molecule has 9 nitrogen and oxygen atoms in total. The van der Waals surface area contributed by atoms with Gasteiger partial charge in [-0.1, -0.05) is 0 Å². The fourth-order valence-corrected chi connectivity index (χ4v) is 2.60. The molecule has 1 saturated heterocycles. The third kappa shape index (κ3) is 6.50. The number of carboxylic acid groups (broad SMARTS) is 1. The molecule has 0 unspecified atom stereocenters. The predicted octanol–water partition coefficient (Wildman–Crippen LogP) is 1.84. The van der Waals surface area contributed by atoms with Crippen molar-refractivity contribution in [2.24, 2.45) is 0 Å². The molecule has 1 aliphatic heterocycles. The summed E-state index contributed by atoms with van der Waals surface area (Å²) in [7, 11) is 1.41. The van der Waals surface area contributed by atoms with Crippen LogP contribution in [0, 0.1) is 5.82 Å². The maximum atomic E-state index is 13.5. The monoisotopic (exact) mass is 445 g/mol. The first kappa shape index (κ1) is 23.8. The minimum Gasteiger partial charge on any atom is -0.496 e. The number of nitrogens with one attached hydrogen (secondary N) is 2. The lowest BCUT2D eigenvalue weighted by Gasteiger charge is -2.13. The van der Waals surface area contributed by atoms with Crippen molar-refractivity contribution in [1.82, 2.24) is 15.3 Å². The highest BCUT2D eigenvalue weighted by Gasteiger charge is 2.38. The topological polar surface area (TPSA) is 139 Å². The fraction of sp³-hybridized carbons (Fsp3) is 0.333. The second-order valence-corrected chi connectivity index (χ2v) is 6.30. The van der Waals surface area contributed by atoms with E-state index in [1.807, 2.05) is 0 Å². The van der Waals surface area contributed by atoms with Gasteiger partial charge in [0, 0.05) is 18.8 Å². The Hall–Kier alpha value is -3.48. The van der Waals surface area contributed by atoms with E-state index in [4.69, 9.17) is 20.4 Å². The molecule has 3 rings (SSSR count). The Morgan fingerprint density at radius 2 is 2.00 bits per heavy atom. The van der Waals surface area contributed by atoms with Crippen LogP contribution in [0.15, 0.2) is 24.4 Å². The third-order valence-corrected chi connectivity index (χ3v) is 4.11. The number of rotatable bonds is 5. The number of halogens is 4. The van der Waals surface area contributed by atoms with Gasteiger partial charge in [-0.25, -0.2) is 14.2 Å². The number of anilines is 2. The van der Waals surface area contributed by atoms with E-state index in [1.54, 1.807) is 0 Å². The minimum atomic E-state index is -5.08.